The van der Waals surface area contributed by atoms with E-state index in [1.807, 2.05) is 7.05 Å². The first-order valence-electron chi connectivity index (χ1n) is 8.19. The Balaban J connectivity index is 2.58. The predicted octanol–water partition coefficient (Wildman–Crippen LogP) is 3.19. The molecule has 0 saturated carbocycles. The Morgan fingerprint density at radius 1 is 1.37 bits per heavy atom. The van der Waals surface area contributed by atoms with E-state index >= 15 is 0 Å². The summed E-state index contributed by atoms with van der Waals surface area (Å²) in [7, 11) is 1.99. The highest BCUT2D eigenvalue weighted by molar-refractivity contribution is 5.79. The van der Waals surface area contributed by atoms with Crippen LogP contribution in [-0.4, -0.2) is 37.0 Å². The summed E-state index contributed by atoms with van der Waals surface area (Å²) in [5.74, 6) is 0.687. The minimum atomic E-state index is 0.259. The van der Waals surface area contributed by atoms with E-state index in [9.17, 15) is 4.79 Å². The fourth-order valence-corrected chi connectivity index (χ4v) is 3.09. The van der Waals surface area contributed by atoms with Crippen LogP contribution in [0.15, 0.2) is 0 Å². The van der Waals surface area contributed by atoms with Crippen LogP contribution < -0.4 is 5.32 Å². The van der Waals surface area contributed by atoms with E-state index in [4.69, 9.17) is 0 Å². The van der Waals surface area contributed by atoms with Crippen molar-refractivity contribution >= 4 is 5.91 Å². The van der Waals surface area contributed by atoms with Crippen LogP contribution in [0.1, 0.15) is 65.2 Å². The molecule has 1 rings (SSSR count). The first-order valence-corrected chi connectivity index (χ1v) is 8.19. The molecule has 1 amide bonds. The lowest BCUT2D eigenvalue weighted by molar-refractivity contribution is -0.139. The summed E-state index contributed by atoms with van der Waals surface area (Å²) in [4.78, 5) is 14.9. The van der Waals surface area contributed by atoms with Crippen molar-refractivity contribution in [1.29, 1.82) is 0 Å². The number of amides is 1. The second kappa shape index (κ2) is 9.35. The fourth-order valence-electron chi connectivity index (χ4n) is 3.09. The van der Waals surface area contributed by atoms with Crippen LogP contribution in [0, 0.1) is 5.92 Å². The van der Waals surface area contributed by atoms with E-state index in [0.29, 0.717) is 11.9 Å². The van der Waals surface area contributed by atoms with Gasteiger partial charge in [0.15, 0.2) is 0 Å². The summed E-state index contributed by atoms with van der Waals surface area (Å²) in [5, 5.41) is 3.21. The number of carbonyl (C=O) groups is 1. The van der Waals surface area contributed by atoms with Gasteiger partial charge in [-0.2, -0.15) is 0 Å². The SMILES string of the molecule is CCCCC(CC)C(=O)N1CCCCC1CCNC. The van der Waals surface area contributed by atoms with Crippen molar-refractivity contribution in [3.05, 3.63) is 0 Å². The number of nitrogens with zero attached hydrogens (tertiary/aromatic N) is 1. The molecular formula is C16H32N2O. The molecule has 3 heteroatoms. The standard InChI is InChI=1S/C16H32N2O/c1-4-6-9-14(5-2)16(19)18-13-8-7-10-15(18)11-12-17-3/h14-15,17H,4-13H2,1-3H3. The van der Waals surface area contributed by atoms with E-state index in [0.717, 1.165) is 32.4 Å². The zero-order valence-electron chi connectivity index (χ0n) is 13.1. The third kappa shape index (κ3) is 5.13. The summed E-state index contributed by atoms with van der Waals surface area (Å²) >= 11 is 0. The van der Waals surface area contributed by atoms with Gasteiger partial charge in [0.25, 0.3) is 0 Å². The maximum Gasteiger partial charge on any atom is 0.225 e. The van der Waals surface area contributed by atoms with Gasteiger partial charge < -0.3 is 10.2 Å². The third-order valence-corrected chi connectivity index (χ3v) is 4.39. The number of piperidine rings is 1. The van der Waals surface area contributed by atoms with Crippen LogP contribution in [0.5, 0.6) is 0 Å². The minimum Gasteiger partial charge on any atom is -0.339 e. The van der Waals surface area contributed by atoms with Crippen molar-refractivity contribution in [2.45, 2.75) is 71.3 Å². The monoisotopic (exact) mass is 268 g/mol. The van der Waals surface area contributed by atoms with Gasteiger partial charge in [-0.3, -0.25) is 4.79 Å². The van der Waals surface area contributed by atoms with Crippen molar-refractivity contribution < 1.29 is 4.79 Å². The van der Waals surface area contributed by atoms with Crippen LogP contribution >= 0.6 is 0 Å². The molecular weight excluding hydrogens is 236 g/mol. The van der Waals surface area contributed by atoms with Gasteiger partial charge in [-0.05, 0) is 52.1 Å². The molecule has 0 aromatic rings. The number of unbranched alkanes of at least 4 members (excludes halogenated alkanes) is 1. The second-order valence-electron chi connectivity index (χ2n) is 5.82. The number of hydrogen-bond acceptors (Lipinski definition) is 2. The van der Waals surface area contributed by atoms with Crippen LogP contribution in [-0.2, 0) is 4.79 Å². The number of nitrogens with one attached hydrogen (secondary N) is 1. The summed E-state index contributed by atoms with van der Waals surface area (Å²) in [6, 6.07) is 0.476. The molecule has 2 unspecified atom stereocenters. The van der Waals surface area contributed by atoms with Crippen molar-refractivity contribution in [3.63, 3.8) is 0 Å². The number of hydrogen-bond donors (Lipinski definition) is 1. The fraction of sp³-hybridized carbons (Fsp3) is 0.938. The summed E-state index contributed by atoms with van der Waals surface area (Å²) in [6.07, 6.45) is 9.20. The molecule has 0 aliphatic carbocycles. The highest BCUT2D eigenvalue weighted by Crippen LogP contribution is 2.24. The smallest absolute Gasteiger partial charge is 0.225 e. The van der Waals surface area contributed by atoms with Crippen molar-refractivity contribution in [2.75, 3.05) is 20.1 Å². The largest absolute Gasteiger partial charge is 0.339 e. The molecule has 1 saturated heterocycles. The molecule has 0 radical (unpaired) electrons. The molecule has 0 bridgehead atoms. The van der Waals surface area contributed by atoms with E-state index in [1.54, 1.807) is 0 Å². The molecule has 2 atom stereocenters. The first kappa shape index (κ1) is 16.5. The Bertz CT molecular complexity index is 255. The first-order chi connectivity index (χ1) is 9.24. The number of likely N-dealkylation sites (tertiary alicyclic amines) is 1. The highest BCUT2D eigenvalue weighted by Gasteiger charge is 2.29. The molecule has 1 heterocycles. The van der Waals surface area contributed by atoms with Gasteiger partial charge in [0.05, 0.1) is 0 Å². The van der Waals surface area contributed by atoms with Crippen LogP contribution in [0.2, 0.25) is 0 Å². The Kier molecular flexibility index (Phi) is 8.11. The zero-order valence-corrected chi connectivity index (χ0v) is 13.1. The maximum atomic E-state index is 12.7. The summed E-state index contributed by atoms with van der Waals surface area (Å²) < 4.78 is 0. The lowest BCUT2D eigenvalue weighted by atomic mass is 9.93. The highest BCUT2D eigenvalue weighted by atomic mass is 16.2. The molecule has 3 nitrogen and oxygen atoms in total. The molecule has 112 valence electrons. The van der Waals surface area contributed by atoms with Crippen molar-refractivity contribution in [2.24, 2.45) is 5.92 Å². The summed E-state index contributed by atoms with van der Waals surface area (Å²) in [6.45, 7) is 6.36. The van der Waals surface area contributed by atoms with Gasteiger partial charge >= 0.3 is 0 Å². The lowest BCUT2D eigenvalue weighted by Gasteiger charge is -2.38. The van der Waals surface area contributed by atoms with E-state index in [1.165, 1.54) is 32.1 Å². The van der Waals surface area contributed by atoms with Gasteiger partial charge in [-0.15, -0.1) is 0 Å². The molecule has 1 fully saturated rings. The molecule has 0 aromatic carbocycles. The van der Waals surface area contributed by atoms with Gasteiger partial charge in [0.1, 0.15) is 0 Å². The maximum absolute atomic E-state index is 12.7. The van der Waals surface area contributed by atoms with E-state index in [2.05, 4.69) is 24.1 Å². The summed E-state index contributed by atoms with van der Waals surface area (Å²) in [5.41, 5.74) is 0. The molecule has 0 aromatic heterocycles. The van der Waals surface area contributed by atoms with Gasteiger partial charge in [-0.1, -0.05) is 26.7 Å². The van der Waals surface area contributed by atoms with Gasteiger partial charge in [-0.25, -0.2) is 0 Å². The normalized spacial score (nSPS) is 21.4. The Labute approximate surface area is 119 Å². The van der Waals surface area contributed by atoms with Crippen molar-refractivity contribution in [1.82, 2.24) is 10.2 Å². The predicted molar refractivity (Wildman–Crippen MR) is 81.2 cm³/mol. The molecule has 1 aliphatic rings. The quantitative estimate of drug-likeness (QED) is 0.733. The Morgan fingerprint density at radius 3 is 2.79 bits per heavy atom. The third-order valence-electron chi connectivity index (χ3n) is 4.39. The molecule has 1 N–H and O–H groups in total. The van der Waals surface area contributed by atoms with Crippen molar-refractivity contribution in [3.8, 4) is 0 Å². The molecule has 19 heavy (non-hydrogen) atoms. The second-order valence-corrected chi connectivity index (χ2v) is 5.82. The number of carbonyl (C=O) groups excluding carboxylic acids is 1. The van der Waals surface area contributed by atoms with E-state index in [-0.39, 0.29) is 5.92 Å². The molecule has 0 spiro atoms. The topological polar surface area (TPSA) is 32.3 Å². The minimum absolute atomic E-state index is 0.259. The van der Waals surface area contributed by atoms with Crippen LogP contribution in [0.4, 0.5) is 0 Å². The lowest BCUT2D eigenvalue weighted by Crippen LogP contribution is -2.47. The molecule has 1 aliphatic heterocycles. The zero-order chi connectivity index (χ0) is 14.1. The Morgan fingerprint density at radius 2 is 2.16 bits per heavy atom. The van der Waals surface area contributed by atoms with E-state index < -0.39 is 0 Å². The van der Waals surface area contributed by atoms with Gasteiger partial charge in [0.2, 0.25) is 5.91 Å². The van der Waals surface area contributed by atoms with Crippen LogP contribution in [0.3, 0.4) is 0 Å². The van der Waals surface area contributed by atoms with Gasteiger partial charge in [0, 0.05) is 18.5 Å². The average molecular weight is 268 g/mol. The Hall–Kier alpha value is -0.570. The van der Waals surface area contributed by atoms with Crippen LogP contribution in [0.25, 0.3) is 0 Å². The average Bonchev–Trinajstić information content (AvgIpc) is 2.46. The number of rotatable bonds is 8.